The zero-order chi connectivity index (χ0) is 23.8. The number of methoxy groups -OCH3 is 1. The maximum atomic E-state index is 12.6. The lowest BCUT2D eigenvalue weighted by Gasteiger charge is -2.12. The van der Waals surface area contributed by atoms with Crippen molar-refractivity contribution in [3.8, 4) is 11.5 Å². The van der Waals surface area contributed by atoms with Gasteiger partial charge in [0.05, 0.1) is 18.6 Å². The summed E-state index contributed by atoms with van der Waals surface area (Å²) in [5.74, 6) is 0.819. The van der Waals surface area contributed by atoms with Crippen LogP contribution in [-0.2, 0) is 10.0 Å². The van der Waals surface area contributed by atoms with E-state index in [1.807, 2.05) is 6.92 Å². The van der Waals surface area contributed by atoms with E-state index in [-0.39, 0.29) is 10.0 Å². The fraction of sp³-hybridized carbons (Fsp3) is 0.130. The first-order valence-electron chi connectivity index (χ1n) is 9.93. The summed E-state index contributed by atoms with van der Waals surface area (Å²) in [5, 5.41) is 5.53. The number of nitrogens with one attached hydrogen (secondary N) is 3. The molecule has 172 valence electrons. The molecule has 8 nitrogen and oxygen atoms in total. The van der Waals surface area contributed by atoms with Gasteiger partial charge in [0.15, 0.2) is 5.11 Å². The van der Waals surface area contributed by atoms with Crippen LogP contribution in [0, 0.1) is 0 Å². The Morgan fingerprint density at radius 1 is 0.939 bits per heavy atom. The number of sulfonamides is 1. The van der Waals surface area contributed by atoms with E-state index in [4.69, 9.17) is 21.7 Å². The second-order valence-electron chi connectivity index (χ2n) is 6.73. The van der Waals surface area contributed by atoms with Gasteiger partial charge >= 0.3 is 0 Å². The van der Waals surface area contributed by atoms with Crippen LogP contribution < -0.4 is 24.8 Å². The molecule has 0 saturated heterocycles. The molecule has 0 heterocycles. The van der Waals surface area contributed by atoms with Gasteiger partial charge in [-0.25, -0.2) is 8.42 Å². The first-order chi connectivity index (χ1) is 15.8. The van der Waals surface area contributed by atoms with E-state index in [1.165, 1.54) is 19.2 Å². The Morgan fingerprint density at radius 3 is 2.24 bits per heavy atom. The largest absolute Gasteiger partial charge is 0.497 e. The van der Waals surface area contributed by atoms with Crippen LogP contribution in [0.15, 0.2) is 77.7 Å². The van der Waals surface area contributed by atoms with Crippen LogP contribution in [0.5, 0.6) is 11.5 Å². The molecule has 0 saturated carbocycles. The number of hydrogen-bond acceptors (Lipinski definition) is 6. The van der Waals surface area contributed by atoms with Gasteiger partial charge in [0.1, 0.15) is 11.5 Å². The van der Waals surface area contributed by atoms with Gasteiger partial charge in [-0.2, -0.15) is 0 Å². The van der Waals surface area contributed by atoms with Crippen molar-refractivity contribution in [3.05, 3.63) is 78.4 Å². The van der Waals surface area contributed by atoms with Crippen molar-refractivity contribution < 1.29 is 22.7 Å². The Morgan fingerprint density at radius 2 is 1.61 bits per heavy atom. The van der Waals surface area contributed by atoms with E-state index < -0.39 is 15.9 Å². The summed E-state index contributed by atoms with van der Waals surface area (Å²) in [5.41, 5.74) is 1.33. The lowest BCUT2D eigenvalue weighted by Crippen LogP contribution is -2.34. The summed E-state index contributed by atoms with van der Waals surface area (Å²) < 4.78 is 38.2. The van der Waals surface area contributed by atoms with Crippen LogP contribution in [0.3, 0.4) is 0 Å². The number of thiocarbonyl (C=S) groups is 1. The molecule has 0 spiro atoms. The van der Waals surface area contributed by atoms with Crippen molar-refractivity contribution in [2.45, 2.75) is 11.8 Å². The number of ether oxygens (including phenoxy) is 2. The first-order valence-corrected chi connectivity index (χ1v) is 11.8. The number of rotatable bonds is 8. The summed E-state index contributed by atoms with van der Waals surface area (Å²) in [6, 6.07) is 19.3. The third-order valence-corrected chi connectivity index (χ3v) is 6.00. The minimum Gasteiger partial charge on any atom is -0.497 e. The van der Waals surface area contributed by atoms with Crippen LogP contribution in [-0.4, -0.2) is 33.2 Å². The summed E-state index contributed by atoms with van der Waals surface area (Å²) >= 11 is 5.19. The molecule has 3 N–H and O–H groups in total. The molecule has 33 heavy (non-hydrogen) atoms. The molecule has 3 aromatic carbocycles. The predicted molar refractivity (Wildman–Crippen MR) is 132 cm³/mol. The minimum absolute atomic E-state index is 0.0755. The molecule has 1 amide bonds. The monoisotopic (exact) mass is 485 g/mol. The maximum Gasteiger partial charge on any atom is 0.261 e. The zero-order valence-electron chi connectivity index (χ0n) is 18.0. The summed E-state index contributed by atoms with van der Waals surface area (Å²) in [4.78, 5) is 12.5. The summed E-state index contributed by atoms with van der Waals surface area (Å²) in [6.45, 7) is 2.35. The van der Waals surface area contributed by atoms with Crippen molar-refractivity contribution >= 4 is 44.6 Å². The summed E-state index contributed by atoms with van der Waals surface area (Å²) in [7, 11) is -2.24. The fourth-order valence-electron chi connectivity index (χ4n) is 2.82. The zero-order valence-corrected chi connectivity index (χ0v) is 19.6. The van der Waals surface area contributed by atoms with Gasteiger partial charge in [-0.05, 0) is 85.9 Å². The highest BCUT2D eigenvalue weighted by molar-refractivity contribution is 7.92. The average molecular weight is 486 g/mol. The Balaban J connectivity index is 1.60. The maximum absolute atomic E-state index is 12.6. The Labute approximate surface area is 198 Å². The minimum atomic E-state index is -3.78. The van der Waals surface area contributed by atoms with Crippen molar-refractivity contribution in [3.63, 3.8) is 0 Å². The lowest BCUT2D eigenvalue weighted by molar-refractivity contribution is 0.0977. The first kappa shape index (κ1) is 24.0. The van der Waals surface area contributed by atoms with E-state index >= 15 is 0 Å². The smallest absolute Gasteiger partial charge is 0.261 e. The number of carbonyl (C=O) groups is 1. The second-order valence-corrected chi connectivity index (χ2v) is 8.82. The normalized spacial score (nSPS) is 10.7. The Bertz CT molecular complexity index is 1230. The Kier molecular flexibility index (Phi) is 7.86. The quantitative estimate of drug-likeness (QED) is 0.414. The van der Waals surface area contributed by atoms with Gasteiger partial charge in [-0.3, -0.25) is 14.8 Å². The molecule has 0 bridgehead atoms. The van der Waals surface area contributed by atoms with Crippen LogP contribution in [0.1, 0.15) is 17.3 Å². The Hall–Kier alpha value is -3.63. The average Bonchev–Trinajstić information content (AvgIpc) is 2.80. The number of anilines is 2. The van der Waals surface area contributed by atoms with Crippen molar-refractivity contribution in [1.29, 1.82) is 0 Å². The molecule has 0 unspecified atom stereocenters. The highest BCUT2D eigenvalue weighted by atomic mass is 32.2. The van der Waals surface area contributed by atoms with Crippen LogP contribution in [0.2, 0.25) is 0 Å². The predicted octanol–water partition coefficient (Wildman–Crippen LogP) is 4.02. The SMILES string of the molecule is CCOc1cccc(C(=O)NC(=S)Nc2ccc(S(=O)(=O)Nc3ccc(OC)cc3)cc2)c1. The van der Waals surface area contributed by atoms with Gasteiger partial charge in [0.2, 0.25) is 0 Å². The highest BCUT2D eigenvalue weighted by Gasteiger charge is 2.15. The molecule has 0 aromatic heterocycles. The molecule has 0 radical (unpaired) electrons. The van der Waals surface area contributed by atoms with Gasteiger partial charge in [0.25, 0.3) is 15.9 Å². The van der Waals surface area contributed by atoms with E-state index in [9.17, 15) is 13.2 Å². The van der Waals surface area contributed by atoms with Crippen molar-refractivity contribution in [1.82, 2.24) is 5.32 Å². The summed E-state index contributed by atoms with van der Waals surface area (Å²) in [6.07, 6.45) is 0. The molecule has 0 aliphatic heterocycles. The van der Waals surface area contributed by atoms with E-state index in [0.717, 1.165) is 0 Å². The number of carbonyl (C=O) groups excluding carboxylic acids is 1. The number of benzene rings is 3. The third-order valence-electron chi connectivity index (χ3n) is 4.40. The van der Waals surface area contributed by atoms with Gasteiger partial charge in [-0.1, -0.05) is 6.07 Å². The molecule has 3 rings (SSSR count). The topological polar surface area (TPSA) is 106 Å². The molecule has 0 fully saturated rings. The van der Waals surface area contributed by atoms with E-state index in [2.05, 4.69) is 15.4 Å². The second kappa shape index (κ2) is 10.8. The van der Waals surface area contributed by atoms with Crippen LogP contribution >= 0.6 is 12.2 Å². The number of amides is 1. The van der Waals surface area contributed by atoms with E-state index in [0.29, 0.717) is 35.0 Å². The third kappa shape index (κ3) is 6.67. The van der Waals surface area contributed by atoms with E-state index in [1.54, 1.807) is 60.7 Å². The molecule has 3 aromatic rings. The van der Waals surface area contributed by atoms with Crippen molar-refractivity contribution in [2.75, 3.05) is 23.8 Å². The van der Waals surface area contributed by atoms with Gasteiger partial charge in [0, 0.05) is 16.9 Å². The molecule has 10 heteroatoms. The van der Waals surface area contributed by atoms with Crippen molar-refractivity contribution in [2.24, 2.45) is 0 Å². The lowest BCUT2D eigenvalue weighted by atomic mass is 10.2. The van der Waals surface area contributed by atoms with Crippen LogP contribution in [0.25, 0.3) is 0 Å². The molecule has 0 aliphatic rings. The number of hydrogen-bond donors (Lipinski definition) is 3. The fourth-order valence-corrected chi connectivity index (χ4v) is 4.09. The van der Waals surface area contributed by atoms with Gasteiger partial charge < -0.3 is 14.8 Å². The molecule has 0 aliphatic carbocycles. The van der Waals surface area contributed by atoms with Crippen LogP contribution in [0.4, 0.5) is 11.4 Å². The standard InChI is InChI=1S/C23H23N3O5S2/c1-3-31-20-6-4-5-16(15-20)22(27)25-23(32)24-17-9-13-21(14-10-17)33(28,29)26-18-7-11-19(30-2)12-8-18/h4-15,26H,3H2,1-2H3,(H2,24,25,27,32). The molecule has 0 atom stereocenters. The van der Waals surface area contributed by atoms with Gasteiger partial charge in [-0.15, -0.1) is 0 Å². The molecular formula is C23H23N3O5S2. The molecular weight excluding hydrogens is 462 g/mol. The highest BCUT2D eigenvalue weighted by Crippen LogP contribution is 2.20.